The quantitative estimate of drug-likeness (QED) is 0.218. The summed E-state index contributed by atoms with van der Waals surface area (Å²) in [6, 6.07) is 18.7. The van der Waals surface area contributed by atoms with E-state index in [1.165, 1.54) is 30.0 Å². The summed E-state index contributed by atoms with van der Waals surface area (Å²) in [4.78, 5) is 31.9. The number of fused-ring (bicyclic) bond motifs is 1. The lowest BCUT2D eigenvalue weighted by Crippen LogP contribution is -2.22. The standard InChI is InChI=1S/C39H43FN4O2/c1-25-20-36-34(22-32(25)21-27-5-8-29(9-6-27)30-10-12-31(13-11-30)39(46)43(3)4)37(15-17-41-36)44-18-16-33(23-38(44)45)42-24-28-7-14-35(40)26(2)19-28/h7,10-19,22-23,25,27,29,42H,5-6,8-9,20-21,24H2,1-4H3. The van der Waals surface area contributed by atoms with Gasteiger partial charge in [0.2, 0.25) is 0 Å². The molecule has 7 heteroatoms. The first-order valence-corrected chi connectivity index (χ1v) is 16.4. The first-order chi connectivity index (χ1) is 22.2. The predicted octanol–water partition coefficient (Wildman–Crippen LogP) is 7.93. The van der Waals surface area contributed by atoms with Gasteiger partial charge in [0.15, 0.2) is 0 Å². The van der Waals surface area contributed by atoms with Crippen LogP contribution in [0.5, 0.6) is 0 Å². The van der Waals surface area contributed by atoms with Crippen molar-refractivity contribution in [3.63, 3.8) is 0 Å². The maximum atomic E-state index is 13.6. The molecule has 1 saturated carbocycles. The number of aryl methyl sites for hydroxylation is 1. The molecule has 1 atom stereocenters. The van der Waals surface area contributed by atoms with Crippen LogP contribution in [0.4, 0.5) is 10.1 Å². The summed E-state index contributed by atoms with van der Waals surface area (Å²) in [5, 5.41) is 3.30. The molecule has 0 bridgehead atoms. The third-order valence-electron chi connectivity index (χ3n) is 9.82. The van der Waals surface area contributed by atoms with Gasteiger partial charge in [0.05, 0.1) is 11.4 Å². The number of benzene rings is 2. The second-order valence-electron chi connectivity index (χ2n) is 13.3. The number of carbonyl (C=O) groups is 1. The van der Waals surface area contributed by atoms with Crippen molar-refractivity contribution < 1.29 is 9.18 Å². The van der Waals surface area contributed by atoms with E-state index < -0.39 is 0 Å². The van der Waals surface area contributed by atoms with Crippen LogP contribution >= 0.6 is 0 Å². The maximum absolute atomic E-state index is 13.6. The van der Waals surface area contributed by atoms with Crippen molar-refractivity contribution in [3.05, 3.63) is 128 Å². The Morgan fingerprint density at radius 3 is 2.48 bits per heavy atom. The number of hydrogen-bond donors (Lipinski definition) is 1. The molecule has 238 valence electrons. The number of hydrogen-bond acceptors (Lipinski definition) is 4. The number of amides is 1. The third kappa shape index (κ3) is 6.84. The lowest BCUT2D eigenvalue weighted by Gasteiger charge is -2.32. The Morgan fingerprint density at radius 1 is 1.02 bits per heavy atom. The predicted molar refractivity (Wildman–Crippen MR) is 183 cm³/mol. The highest BCUT2D eigenvalue weighted by molar-refractivity contribution is 5.93. The Balaban J connectivity index is 1.13. The monoisotopic (exact) mass is 618 g/mol. The number of rotatable bonds is 8. The summed E-state index contributed by atoms with van der Waals surface area (Å²) in [6.45, 7) is 4.55. The summed E-state index contributed by atoms with van der Waals surface area (Å²) in [5.41, 5.74) is 8.63. The number of allylic oxidation sites excluding steroid dienone is 1. The van der Waals surface area contributed by atoms with Crippen LogP contribution in [0.25, 0.3) is 11.8 Å². The van der Waals surface area contributed by atoms with Gasteiger partial charge in [-0.05, 0) is 110 Å². The van der Waals surface area contributed by atoms with E-state index in [0.717, 1.165) is 59.4 Å². The van der Waals surface area contributed by atoms with E-state index in [4.69, 9.17) is 4.98 Å². The number of pyridine rings is 2. The molecule has 1 amide bonds. The molecule has 1 fully saturated rings. The molecule has 1 N–H and O–H groups in total. The Hall–Kier alpha value is -4.52. The zero-order chi connectivity index (χ0) is 32.4. The van der Waals surface area contributed by atoms with Crippen LogP contribution in [-0.4, -0.2) is 34.5 Å². The molecule has 0 aliphatic heterocycles. The van der Waals surface area contributed by atoms with Gasteiger partial charge in [0.1, 0.15) is 5.82 Å². The number of halogens is 1. The van der Waals surface area contributed by atoms with Crippen LogP contribution in [0.3, 0.4) is 0 Å². The van der Waals surface area contributed by atoms with Crippen LogP contribution in [0.2, 0.25) is 0 Å². The number of carbonyl (C=O) groups excluding carboxylic acids is 1. The lowest BCUT2D eigenvalue weighted by molar-refractivity contribution is 0.0827. The van der Waals surface area contributed by atoms with Crippen molar-refractivity contribution in [2.45, 2.75) is 64.8 Å². The smallest absolute Gasteiger partial charge is 0.257 e. The van der Waals surface area contributed by atoms with Gasteiger partial charge in [-0.25, -0.2) is 4.39 Å². The molecule has 2 aliphatic carbocycles. The van der Waals surface area contributed by atoms with E-state index in [9.17, 15) is 14.0 Å². The van der Waals surface area contributed by atoms with Gasteiger partial charge in [0.25, 0.3) is 11.5 Å². The van der Waals surface area contributed by atoms with Crippen LogP contribution in [0.15, 0.2) is 83.4 Å². The highest BCUT2D eigenvalue weighted by atomic mass is 19.1. The minimum Gasteiger partial charge on any atom is -0.381 e. The fourth-order valence-corrected chi connectivity index (χ4v) is 7.04. The highest BCUT2D eigenvalue weighted by Crippen LogP contribution is 2.41. The van der Waals surface area contributed by atoms with Crippen LogP contribution in [0.1, 0.15) is 83.3 Å². The maximum Gasteiger partial charge on any atom is 0.257 e. The van der Waals surface area contributed by atoms with Gasteiger partial charge < -0.3 is 10.2 Å². The summed E-state index contributed by atoms with van der Waals surface area (Å²) >= 11 is 0. The summed E-state index contributed by atoms with van der Waals surface area (Å²) in [6.07, 6.45) is 12.6. The highest BCUT2D eigenvalue weighted by Gasteiger charge is 2.27. The summed E-state index contributed by atoms with van der Waals surface area (Å²) < 4.78 is 15.3. The van der Waals surface area contributed by atoms with Crippen molar-refractivity contribution >= 4 is 17.7 Å². The van der Waals surface area contributed by atoms with Crippen molar-refractivity contribution in [1.82, 2.24) is 14.5 Å². The van der Waals surface area contributed by atoms with Crippen LogP contribution in [-0.2, 0) is 13.0 Å². The number of nitrogens with zero attached hydrogens (tertiary/aromatic N) is 3. The fourth-order valence-electron chi connectivity index (χ4n) is 7.04. The fraction of sp³-hybridized carbons (Fsp3) is 0.359. The zero-order valence-electron chi connectivity index (χ0n) is 27.2. The van der Waals surface area contributed by atoms with Crippen molar-refractivity contribution in [3.8, 4) is 5.69 Å². The van der Waals surface area contributed by atoms with E-state index in [0.29, 0.717) is 29.9 Å². The van der Waals surface area contributed by atoms with E-state index in [2.05, 4.69) is 30.4 Å². The minimum atomic E-state index is -0.219. The van der Waals surface area contributed by atoms with Crippen molar-refractivity contribution in [1.29, 1.82) is 0 Å². The molecule has 2 heterocycles. The van der Waals surface area contributed by atoms with Crippen molar-refractivity contribution in [2.24, 2.45) is 11.8 Å². The van der Waals surface area contributed by atoms with E-state index in [1.54, 1.807) is 48.8 Å². The minimum absolute atomic E-state index is 0.0394. The van der Waals surface area contributed by atoms with Crippen LogP contribution in [0, 0.1) is 24.6 Å². The average molecular weight is 619 g/mol. The topological polar surface area (TPSA) is 67.2 Å². The Kier molecular flexibility index (Phi) is 9.20. The van der Waals surface area contributed by atoms with E-state index in [1.807, 2.05) is 36.5 Å². The van der Waals surface area contributed by atoms with Gasteiger partial charge in [-0.3, -0.25) is 19.1 Å². The van der Waals surface area contributed by atoms with Crippen LogP contribution < -0.4 is 10.9 Å². The van der Waals surface area contributed by atoms with Gasteiger partial charge in [-0.2, -0.15) is 0 Å². The molecule has 0 spiro atoms. The second kappa shape index (κ2) is 13.5. The van der Waals surface area contributed by atoms with Gasteiger partial charge in [-0.15, -0.1) is 0 Å². The Bertz CT molecular complexity index is 1820. The molecule has 1 unspecified atom stereocenters. The molecule has 6 nitrogen and oxygen atoms in total. The molecule has 4 aromatic rings. The average Bonchev–Trinajstić information content (AvgIpc) is 3.05. The number of anilines is 1. The SMILES string of the molecule is Cc1cc(CNc2ccn(-c3ccnc4c3C=C(CC3CCC(c5ccc(C(=O)N(C)C)cc5)CC3)C(C)C4)c(=O)c2)ccc1F. The molecular weight excluding hydrogens is 575 g/mol. The molecule has 2 aromatic heterocycles. The molecular formula is C39H43FN4O2. The molecule has 2 aromatic carbocycles. The molecule has 2 aliphatic rings. The molecule has 0 radical (unpaired) electrons. The second-order valence-corrected chi connectivity index (χ2v) is 13.3. The third-order valence-corrected chi connectivity index (χ3v) is 9.82. The lowest BCUT2D eigenvalue weighted by atomic mass is 9.74. The largest absolute Gasteiger partial charge is 0.381 e. The summed E-state index contributed by atoms with van der Waals surface area (Å²) in [7, 11) is 3.57. The van der Waals surface area contributed by atoms with Gasteiger partial charge in [-0.1, -0.05) is 42.8 Å². The van der Waals surface area contributed by atoms with Gasteiger partial charge >= 0.3 is 0 Å². The first kappa shape index (κ1) is 31.5. The Morgan fingerprint density at radius 2 is 1.78 bits per heavy atom. The van der Waals surface area contributed by atoms with Gasteiger partial charge in [0, 0.05) is 55.9 Å². The molecule has 0 saturated heterocycles. The Labute approximate surface area is 271 Å². The normalized spacial score (nSPS) is 19.2. The summed E-state index contributed by atoms with van der Waals surface area (Å²) in [5.74, 6) is 1.41. The molecule has 46 heavy (non-hydrogen) atoms. The van der Waals surface area contributed by atoms with E-state index in [-0.39, 0.29) is 17.3 Å². The molecule has 6 rings (SSSR count). The van der Waals surface area contributed by atoms with E-state index >= 15 is 0 Å². The number of aromatic nitrogens is 2. The first-order valence-electron chi connectivity index (χ1n) is 16.4. The van der Waals surface area contributed by atoms with Crippen molar-refractivity contribution in [2.75, 3.05) is 19.4 Å². The number of nitrogens with one attached hydrogen (secondary N) is 1. The zero-order valence-corrected chi connectivity index (χ0v) is 27.2.